The third-order valence-corrected chi connectivity index (χ3v) is 4.09. The van der Waals surface area contributed by atoms with Crippen molar-refractivity contribution in [3.8, 4) is 0 Å². The SMILES string of the molecule is CC(C)C(=O)NNS(=O)(=O)c1ccc2c(c1)CC(=O)N2. The van der Waals surface area contributed by atoms with Gasteiger partial charge in [0.15, 0.2) is 0 Å². The molecule has 0 aliphatic carbocycles. The second-order valence-corrected chi connectivity index (χ2v) is 6.48. The van der Waals surface area contributed by atoms with Gasteiger partial charge < -0.3 is 5.32 Å². The molecule has 8 heteroatoms. The monoisotopic (exact) mass is 297 g/mol. The summed E-state index contributed by atoms with van der Waals surface area (Å²) in [6.45, 7) is 3.30. The van der Waals surface area contributed by atoms with Crippen molar-refractivity contribution in [2.75, 3.05) is 5.32 Å². The van der Waals surface area contributed by atoms with E-state index in [0.717, 1.165) is 0 Å². The van der Waals surface area contributed by atoms with Crippen LogP contribution in [0.25, 0.3) is 0 Å². The largest absolute Gasteiger partial charge is 0.326 e. The van der Waals surface area contributed by atoms with Gasteiger partial charge in [-0.15, -0.1) is 4.83 Å². The molecule has 1 aliphatic heterocycles. The van der Waals surface area contributed by atoms with Crippen LogP contribution in [0.15, 0.2) is 23.1 Å². The average molecular weight is 297 g/mol. The second-order valence-electron chi connectivity index (χ2n) is 4.79. The predicted octanol–water partition coefficient (Wildman–Crippen LogP) is 0.147. The summed E-state index contributed by atoms with van der Waals surface area (Å²) in [6.07, 6.45) is 0.150. The van der Waals surface area contributed by atoms with Gasteiger partial charge >= 0.3 is 0 Å². The number of hydrazine groups is 1. The van der Waals surface area contributed by atoms with E-state index in [2.05, 4.69) is 10.7 Å². The molecule has 0 spiro atoms. The fourth-order valence-electron chi connectivity index (χ4n) is 1.69. The predicted molar refractivity (Wildman–Crippen MR) is 72.1 cm³/mol. The number of hydrogen-bond acceptors (Lipinski definition) is 4. The Hall–Kier alpha value is -1.93. The molecular weight excluding hydrogens is 282 g/mol. The molecule has 0 fully saturated rings. The Labute approximate surface area is 116 Å². The van der Waals surface area contributed by atoms with Gasteiger partial charge in [-0.3, -0.25) is 15.0 Å². The average Bonchev–Trinajstić information content (AvgIpc) is 2.74. The number of amides is 2. The van der Waals surface area contributed by atoms with Crippen LogP contribution in [0.2, 0.25) is 0 Å². The fourth-order valence-corrected chi connectivity index (χ4v) is 2.59. The van der Waals surface area contributed by atoms with Crippen LogP contribution >= 0.6 is 0 Å². The van der Waals surface area contributed by atoms with E-state index in [0.29, 0.717) is 11.3 Å². The third-order valence-electron chi connectivity index (χ3n) is 2.85. The Bertz CT molecular complexity index is 667. The molecule has 0 saturated carbocycles. The first-order valence-corrected chi connectivity index (χ1v) is 7.52. The fraction of sp³-hybridized carbons (Fsp3) is 0.333. The molecular formula is C12H15N3O4S. The van der Waals surface area contributed by atoms with Crippen molar-refractivity contribution in [1.82, 2.24) is 10.3 Å². The number of fused-ring (bicyclic) bond motifs is 1. The van der Waals surface area contributed by atoms with Crippen LogP contribution in [0.4, 0.5) is 5.69 Å². The maximum Gasteiger partial charge on any atom is 0.257 e. The minimum Gasteiger partial charge on any atom is -0.326 e. The van der Waals surface area contributed by atoms with Crippen molar-refractivity contribution in [2.45, 2.75) is 25.2 Å². The van der Waals surface area contributed by atoms with Crippen LogP contribution < -0.4 is 15.6 Å². The number of anilines is 1. The van der Waals surface area contributed by atoms with Crippen LogP contribution in [0.5, 0.6) is 0 Å². The molecule has 108 valence electrons. The molecule has 0 unspecified atom stereocenters. The van der Waals surface area contributed by atoms with Gasteiger partial charge in [-0.2, -0.15) is 0 Å². The number of carbonyl (C=O) groups excluding carboxylic acids is 2. The van der Waals surface area contributed by atoms with E-state index in [1.807, 2.05) is 4.83 Å². The van der Waals surface area contributed by atoms with Crippen LogP contribution in [-0.4, -0.2) is 20.2 Å². The zero-order chi connectivity index (χ0) is 14.9. The molecule has 2 amide bonds. The van der Waals surface area contributed by atoms with E-state index >= 15 is 0 Å². The van der Waals surface area contributed by atoms with Crippen molar-refractivity contribution in [3.63, 3.8) is 0 Å². The quantitative estimate of drug-likeness (QED) is 0.688. The Morgan fingerprint density at radius 3 is 2.70 bits per heavy atom. The minimum atomic E-state index is -3.85. The van der Waals surface area contributed by atoms with Gasteiger partial charge in [0, 0.05) is 11.6 Å². The van der Waals surface area contributed by atoms with E-state index in [9.17, 15) is 18.0 Å². The summed E-state index contributed by atoms with van der Waals surface area (Å²) in [5, 5.41) is 2.62. The van der Waals surface area contributed by atoms with Crippen LogP contribution in [0.3, 0.4) is 0 Å². The van der Waals surface area contributed by atoms with Gasteiger partial charge in [-0.1, -0.05) is 13.8 Å². The van der Waals surface area contributed by atoms with Crippen molar-refractivity contribution in [1.29, 1.82) is 0 Å². The molecule has 1 aromatic rings. The normalized spacial score (nSPS) is 14.1. The summed E-state index contributed by atoms with van der Waals surface area (Å²) in [6, 6.07) is 4.31. The molecule has 2 rings (SSSR count). The maximum atomic E-state index is 12.0. The second kappa shape index (κ2) is 5.22. The van der Waals surface area contributed by atoms with Crippen LogP contribution in [0, 0.1) is 5.92 Å². The lowest BCUT2D eigenvalue weighted by atomic mass is 10.2. The Morgan fingerprint density at radius 2 is 2.05 bits per heavy atom. The maximum absolute atomic E-state index is 12.0. The lowest BCUT2D eigenvalue weighted by Gasteiger charge is -2.10. The molecule has 1 aromatic carbocycles. The number of hydrogen-bond donors (Lipinski definition) is 3. The highest BCUT2D eigenvalue weighted by Crippen LogP contribution is 2.25. The van der Waals surface area contributed by atoms with Gasteiger partial charge in [0.05, 0.1) is 11.3 Å². The topological polar surface area (TPSA) is 104 Å². The van der Waals surface area contributed by atoms with Crippen molar-refractivity contribution < 1.29 is 18.0 Å². The standard InChI is InChI=1S/C12H15N3O4S/c1-7(2)12(17)14-15-20(18,19)9-3-4-10-8(5-9)6-11(16)13-10/h3-5,7,15H,6H2,1-2H3,(H,13,16)(H,14,17). The lowest BCUT2D eigenvalue weighted by Crippen LogP contribution is -2.43. The number of sulfonamides is 1. The summed E-state index contributed by atoms with van der Waals surface area (Å²) in [7, 11) is -3.85. The number of rotatable bonds is 4. The first-order chi connectivity index (χ1) is 9.29. The molecule has 7 nitrogen and oxygen atoms in total. The first kappa shape index (κ1) is 14.5. The van der Waals surface area contributed by atoms with Crippen molar-refractivity contribution in [2.24, 2.45) is 5.92 Å². The van der Waals surface area contributed by atoms with Gasteiger partial charge in [-0.05, 0) is 23.8 Å². The summed E-state index contributed by atoms with van der Waals surface area (Å²) in [4.78, 5) is 24.6. The zero-order valence-corrected chi connectivity index (χ0v) is 11.9. The summed E-state index contributed by atoms with van der Waals surface area (Å²) >= 11 is 0. The van der Waals surface area contributed by atoms with E-state index in [1.165, 1.54) is 18.2 Å². The van der Waals surface area contributed by atoms with Crippen LogP contribution in [-0.2, 0) is 26.0 Å². The van der Waals surface area contributed by atoms with Crippen molar-refractivity contribution >= 4 is 27.5 Å². The highest BCUT2D eigenvalue weighted by atomic mass is 32.2. The first-order valence-electron chi connectivity index (χ1n) is 6.04. The Kier molecular flexibility index (Phi) is 3.78. The van der Waals surface area contributed by atoms with Gasteiger partial charge in [-0.25, -0.2) is 8.42 Å². The molecule has 0 atom stereocenters. The number of benzene rings is 1. The zero-order valence-electron chi connectivity index (χ0n) is 11.1. The molecule has 20 heavy (non-hydrogen) atoms. The van der Waals surface area contributed by atoms with E-state index in [4.69, 9.17) is 0 Å². The van der Waals surface area contributed by atoms with Crippen molar-refractivity contribution in [3.05, 3.63) is 23.8 Å². The Morgan fingerprint density at radius 1 is 1.35 bits per heavy atom. The smallest absolute Gasteiger partial charge is 0.257 e. The van der Waals surface area contributed by atoms with Gasteiger partial charge in [0.25, 0.3) is 10.0 Å². The highest BCUT2D eigenvalue weighted by molar-refractivity contribution is 7.89. The van der Waals surface area contributed by atoms with Gasteiger partial charge in [0.2, 0.25) is 11.8 Å². The number of carbonyl (C=O) groups is 2. The van der Waals surface area contributed by atoms with E-state index in [-0.39, 0.29) is 23.1 Å². The molecule has 3 N–H and O–H groups in total. The molecule has 0 bridgehead atoms. The van der Waals surface area contributed by atoms with E-state index in [1.54, 1.807) is 13.8 Å². The Balaban J connectivity index is 2.17. The molecule has 1 aliphatic rings. The van der Waals surface area contributed by atoms with Crippen LogP contribution in [0.1, 0.15) is 19.4 Å². The van der Waals surface area contributed by atoms with Gasteiger partial charge in [0.1, 0.15) is 0 Å². The molecule has 0 radical (unpaired) electrons. The summed E-state index contributed by atoms with van der Waals surface area (Å²) < 4.78 is 24.0. The minimum absolute atomic E-state index is 0.00296. The van der Waals surface area contributed by atoms with E-state index < -0.39 is 15.9 Å². The third kappa shape index (κ3) is 2.97. The summed E-state index contributed by atoms with van der Waals surface area (Å²) in [5.41, 5.74) is 3.37. The molecule has 0 aromatic heterocycles. The molecule has 1 heterocycles. The lowest BCUT2D eigenvalue weighted by molar-refractivity contribution is -0.124. The molecule has 0 saturated heterocycles. The highest BCUT2D eigenvalue weighted by Gasteiger charge is 2.22. The summed E-state index contributed by atoms with van der Waals surface area (Å²) in [5.74, 6) is -0.929. The number of nitrogens with one attached hydrogen (secondary N) is 3.